The summed E-state index contributed by atoms with van der Waals surface area (Å²) in [4.78, 5) is 25.4. The Morgan fingerprint density at radius 3 is 1.96 bits per heavy atom. The van der Waals surface area contributed by atoms with Crippen molar-refractivity contribution in [3.05, 3.63) is 84.0 Å². The predicted octanol–water partition coefficient (Wildman–Crippen LogP) is 12.9. The summed E-state index contributed by atoms with van der Waals surface area (Å²) in [7, 11) is 0. The Bertz CT molecular complexity index is 1470. The smallest absolute Gasteiger partial charge is 0.331 e. The highest BCUT2D eigenvalue weighted by Gasteiger charge is 2.52. The van der Waals surface area contributed by atoms with Crippen LogP contribution in [-0.2, 0) is 19.7 Å². The molecule has 4 aliphatic rings. The van der Waals surface area contributed by atoms with Crippen molar-refractivity contribution in [3.8, 4) is 16.9 Å². The first-order valence-electron chi connectivity index (χ1n) is 20.3. The third-order valence-corrected chi connectivity index (χ3v) is 11.2. The Hall–Kier alpha value is -3.40. The van der Waals surface area contributed by atoms with E-state index in [-0.39, 0.29) is 17.4 Å². The van der Waals surface area contributed by atoms with Gasteiger partial charge in [-0.2, -0.15) is 0 Å². The van der Waals surface area contributed by atoms with Crippen LogP contribution in [0.4, 0.5) is 0 Å². The summed E-state index contributed by atoms with van der Waals surface area (Å²) >= 11 is 0. The monoisotopic (exact) mass is 692 g/mol. The van der Waals surface area contributed by atoms with Gasteiger partial charge in [0.15, 0.2) is 0 Å². The summed E-state index contributed by atoms with van der Waals surface area (Å²) in [6.07, 6.45) is 33.6. The molecule has 4 fully saturated rings. The molecular weight excluding hydrogens is 629 g/mol. The maximum atomic E-state index is 13.2. The highest BCUT2D eigenvalue weighted by atomic mass is 16.6. The Morgan fingerprint density at radius 2 is 1.33 bits per heavy atom. The fourth-order valence-electron chi connectivity index (χ4n) is 9.19. The lowest BCUT2D eigenvalue weighted by molar-refractivity contribution is -0.148. The first kappa shape index (κ1) is 38.8. The number of allylic oxidation sites excluding steroid dienone is 4. The van der Waals surface area contributed by atoms with Crippen molar-refractivity contribution in [3.63, 3.8) is 0 Å². The van der Waals surface area contributed by atoms with Crippen molar-refractivity contribution in [2.24, 2.45) is 17.8 Å². The molecule has 4 nitrogen and oxygen atoms in total. The van der Waals surface area contributed by atoms with Gasteiger partial charge in [-0.15, -0.1) is 0 Å². The zero-order chi connectivity index (χ0) is 36.1. The number of benzene rings is 2. The summed E-state index contributed by atoms with van der Waals surface area (Å²) in [6, 6.07) is 14.8. The number of carbonyl (C=O) groups excluding carboxylic acids is 2. The van der Waals surface area contributed by atoms with Gasteiger partial charge in [-0.25, -0.2) is 4.79 Å². The van der Waals surface area contributed by atoms with E-state index in [9.17, 15) is 9.59 Å². The van der Waals surface area contributed by atoms with Crippen LogP contribution in [0.2, 0.25) is 0 Å². The average Bonchev–Trinajstić information content (AvgIpc) is 3.08. The molecule has 0 unspecified atom stereocenters. The van der Waals surface area contributed by atoms with Gasteiger partial charge < -0.3 is 9.47 Å². The van der Waals surface area contributed by atoms with Crippen molar-refractivity contribution in [2.45, 2.75) is 154 Å². The first-order valence-corrected chi connectivity index (χ1v) is 20.3. The minimum Gasteiger partial charge on any atom is -0.457 e. The van der Waals surface area contributed by atoms with E-state index >= 15 is 0 Å². The maximum absolute atomic E-state index is 13.2. The molecule has 0 aliphatic heterocycles. The summed E-state index contributed by atoms with van der Waals surface area (Å²) < 4.78 is 11.7. The number of hydrogen-bond acceptors (Lipinski definition) is 4. The molecule has 51 heavy (non-hydrogen) atoms. The number of hydrogen-bond donors (Lipinski definition) is 0. The van der Waals surface area contributed by atoms with Gasteiger partial charge in [0.1, 0.15) is 11.4 Å². The van der Waals surface area contributed by atoms with Crippen LogP contribution in [0.1, 0.15) is 154 Å². The van der Waals surface area contributed by atoms with E-state index in [2.05, 4.69) is 61.6 Å². The van der Waals surface area contributed by atoms with E-state index in [0.29, 0.717) is 6.42 Å². The van der Waals surface area contributed by atoms with Gasteiger partial charge >= 0.3 is 11.9 Å². The van der Waals surface area contributed by atoms with Gasteiger partial charge in [-0.1, -0.05) is 93.7 Å². The largest absolute Gasteiger partial charge is 0.457 e. The van der Waals surface area contributed by atoms with E-state index in [1.165, 1.54) is 95.1 Å². The molecule has 0 N–H and O–H groups in total. The van der Waals surface area contributed by atoms with Gasteiger partial charge in [-0.05, 0) is 156 Å². The molecule has 0 heterocycles. The number of ether oxygens (including phenoxy) is 2. The second-order valence-corrected chi connectivity index (χ2v) is 16.9. The zero-order valence-electron chi connectivity index (χ0n) is 32.1. The van der Waals surface area contributed by atoms with E-state index in [1.54, 1.807) is 6.08 Å². The molecule has 276 valence electrons. The Morgan fingerprint density at radius 1 is 0.745 bits per heavy atom. The number of rotatable bonds is 19. The molecule has 4 bridgehead atoms. The molecule has 0 atom stereocenters. The Kier molecular flexibility index (Phi) is 14.4. The summed E-state index contributed by atoms with van der Waals surface area (Å²) in [5.74, 6) is 2.74. The van der Waals surface area contributed by atoms with Crippen LogP contribution in [0.15, 0.2) is 72.8 Å². The lowest BCUT2D eigenvalue weighted by atomic mass is 9.48. The van der Waals surface area contributed by atoms with Crippen LogP contribution >= 0.6 is 0 Å². The topological polar surface area (TPSA) is 52.6 Å². The Labute approximate surface area is 309 Å². The molecule has 0 aromatic heterocycles. The predicted molar refractivity (Wildman–Crippen MR) is 212 cm³/mol. The quantitative estimate of drug-likeness (QED) is 0.0483. The second-order valence-electron chi connectivity index (χ2n) is 16.9. The average molecular weight is 693 g/mol. The van der Waals surface area contributed by atoms with Crippen LogP contribution < -0.4 is 4.74 Å². The van der Waals surface area contributed by atoms with Crippen LogP contribution in [-0.4, -0.2) is 17.5 Å². The minimum absolute atomic E-state index is 0.0967. The molecule has 0 radical (unpaired) electrons. The third-order valence-electron chi connectivity index (χ3n) is 11.2. The second kappa shape index (κ2) is 18.9. The molecule has 4 aliphatic carbocycles. The highest BCUT2D eigenvalue weighted by Crippen LogP contribution is 2.62. The fourth-order valence-corrected chi connectivity index (χ4v) is 9.19. The molecule has 0 saturated heterocycles. The van der Waals surface area contributed by atoms with Crippen LogP contribution in [0, 0.1) is 17.8 Å². The zero-order valence-corrected chi connectivity index (χ0v) is 32.1. The van der Waals surface area contributed by atoms with Crippen LogP contribution in [0.3, 0.4) is 0 Å². The van der Waals surface area contributed by atoms with Gasteiger partial charge in [0, 0.05) is 18.1 Å². The van der Waals surface area contributed by atoms with E-state index in [4.69, 9.17) is 9.47 Å². The maximum Gasteiger partial charge on any atom is 0.331 e. The van der Waals surface area contributed by atoms with Gasteiger partial charge in [-0.3, -0.25) is 4.79 Å². The summed E-state index contributed by atoms with van der Waals surface area (Å²) in [6.45, 7) is 7.86. The van der Waals surface area contributed by atoms with E-state index in [0.717, 1.165) is 65.9 Å². The van der Waals surface area contributed by atoms with Gasteiger partial charge in [0.25, 0.3) is 0 Å². The molecule has 0 amide bonds. The third kappa shape index (κ3) is 12.1. The van der Waals surface area contributed by atoms with E-state index < -0.39 is 5.60 Å². The summed E-state index contributed by atoms with van der Waals surface area (Å²) in [5, 5.41) is 0. The molecule has 2 aromatic rings. The lowest BCUT2D eigenvalue weighted by Gasteiger charge is -2.57. The van der Waals surface area contributed by atoms with Gasteiger partial charge in [0.2, 0.25) is 0 Å². The normalized spacial score (nSPS) is 22.8. The van der Waals surface area contributed by atoms with Crippen molar-refractivity contribution >= 4 is 18.0 Å². The molecule has 6 rings (SSSR count). The molecule has 4 heteroatoms. The molecule has 4 saturated carbocycles. The highest BCUT2D eigenvalue weighted by molar-refractivity contribution is 5.87. The molecule has 0 spiro atoms. The van der Waals surface area contributed by atoms with Crippen LogP contribution in [0.25, 0.3) is 17.2 Å². The minimum atomic E-state index is -0.511. The number of esters is 2. The number of unbranched alkanes of at least 4 members (excludes halogenated alkanes) is 8. The van der Waals surface area contributed by atoms with Crippen molar-refractivity contribution < 1.29 is 19.1 Å². The van der Waals surface area contributed by atoms with E-state index in [1.807, 2.05) is 32.9 Å². The fraction of sp³-hybridized carbons (Fsp3) is 0.574. The van der Waals surface area contributed by atoms with Crippen molar-refractivity contribution in [1.82, 2.24) is 0 Å². The summed E-state index contributed by atoms with van der Waals surface area (Å²) in [5.41, 5.74) is 4.07. The van der Waals surface area contributed by atoms with Crippen molar-refractivity contribution in [2.75, 3.05) is 0 Å². The standard InChI is InChI=1S/C47H64O4/c1-5-6-7-8-9-10-11-12-13-14-15-16-17-18-19-20-44(48)50-43-27-26-41(32-42(43)47-33-37-29-38(34-47)31-39(30-37)35-47)40-24-21-36(22-25-40)23-28-45(49)51-46(2,3)4/h9-10,12-13,21-28,32,37-39H,5-8,11,14-20,29-31,33-35H2,1-4H3/b10-9?,13-12?,28-23+. The van der Waals surface area contributed by atoms with Crippen LogP contribution in [0.5, 0.6) is 5.75 Å². The lowest BCUT2D eigenvalue weighted by Crippen LogP contribution is -2.48. The first-order chi connectivity index (χ1) is 24.6. The SMILES string of the molecule is CCCCCC=CCC=CCCCCCCCC(=O)Oc1ccc(-c2ccc(/C=C/C(=O)OC(C)(C)C)cc2)cc1C12CC3CC(CC(C3)C1)C2. The van der Waals surface area contributed by atoms with Gasteiger partial charge in [0.05, 0.1) is 0 Å². The Balaban J connectivity index is 1.15. The number of carbonyl (C=O) groups is 2. The molecule has 2 aromatic carbocycles. The molecular formula is C47H64O4. The van der Waals surface area contributed by atoms with Crippen molar-refractivity contribution in [1.29, 1.82) is 0 Å².